The summed E-state index contributed by atoms with van der Waals surface area (Å²) >= 11 is 31.5. The third-order valence-corrected chi connectivity index (χ3v) is 6.61. The van der Waals surface area contributed by atoms with Gasteiger partial charge in [-0.3, -0.25) is 9.36 Å². The number of rotatable bonds is 5. The van der Waals surface area contributed by atoms with Gasteiger partial charge in [0.25, 0.3) is 5.91 Å². The first-order valence-electron chi connectivity index (χ1n) is 9.04. The Hall–Kier alpha value is -2.68. The lowest BCUT2D eigenvalue weighted by Gasteiger charge is -2.17. The van der Waals surface area contributed by atoms with Gasteiger partial charge in [0.1, 0.15) is 0 Å². The number of aromatic carboxylic acids is 1. The number of hydrogen-bond donors (Lipinski definition) is 3. The number of nitrogens with two attached hydrogens (primary N) is 1. The Morgan fingerprint density at radius 2 is 1.61 bits per heavy atom. The Labute approximate surface area is 211 Å². The second-order valence-electron chi connectivity index (χ2n) is 6.75. The number of hydrogen-bond acceptors (Lipinski definition) is 4. The van der Waals surface area contributed by atoms with Crippen molar-refractivity contribution in [2.75, 3.05) is 5.32 Å². The predicted molar refractivity (Wildman–Crippen MR) is 131 cm³/mol. The molecule has 0 atom stereocenters. The van der Waals surface area contributed by atoms with Gasteiger partial charge in [-0.25, -0.2) is 9.78 Å². The molecule has 1 amide bonds. The molecule has 0 saturated carbocycles. The van der Waals surface area contributed by atoms with Gasteiger partial charge in [-0.05, 0) is 36.4 Å². The number of carboxylic acids is 1. The van der Waals surface area contributed by atoms with E-state index in [1.807, 2.05) is 0 Å². The van der Waals surface area contributed by atoms with Crippen LogP contribution < -0.4 is 11.1 Å². The first kappa shape index (κ1) is 23.5. The third-order valence-electron chi connectivity index (χ3n) is 4.73. The fourth-order valence-corrected chi connectivity index (χ4v) is 4.42. The van der Waals surface area contributed by atoms with Gasteiger partial charge >= 0.3 is 5.97 Å². The highest BCUT2D eigenvalue weighted by Crippen LogP contribution is 2.41. The molecule has 4 rings (SSSR count). The number of nitrogens with one attached hydrogen (secondary N) is 1. The molecular weight excluding hydrogens is 534 g/mol. The van der Waals surface area contributed by atoms with E-state index in [9.17, 15) is 14.7 Å². The normalized spacial score (nSPS) is 11.1. The molecule has 168 valence electrons. The van der Waals surface area contributed by atoms with Gasteiger partial charge in [-0.15, -0.1) is 0 Å². The van der Waals surface area contributed by atoms with Gasteiger partial charge in [0, 0.05) is 0 Å². The van der Waals surface area contributed by atoms with E-state index in [4.69, 9.17) is 63.7 Å². The molecule has 0 fully saturated rings. The van der Waals surface area contributed by atoms with Crippen molar-refractivity contribution in [3.63, 3.8) is 0 Å². The van der Waals surface area contributed by atoms with Gasteiger partial charge in [0.15, 0.2) is 0 Å². The summed E-state index contributed by atoms with van der Waals surface area (Å²) in [6, 6.07) is 10.4. The summed E-state index contributed by atoms with van der Waals surface area (Å²) < 4.78 is 1.46. The van der Waals surface area contributed by atoms with Gasteiger partial charge in [0.05, 0.1) is 58.6 Å². The molecule has 0 aliphatic rings. The molecule has 1 heterocycles. The van der Waals surface area contributed by atoms with E-state index < -0.39 is 11.9 Å². The van der Waals surface area contributed by atoms with Crippen LogP contribution in [0.2, 0.25) is 25.1 Å². The number of carbonyl (C=O) groups excluding carboxylic acids is 1. The fourth-order valence-electron chi connectivity index (χ4n) is 3.24. The number of fused-ring (bicyclic) bond motifs is 1. The monoisotopic (exact) mass is 542 g/mol. The van der Waals surface area contributed by atoms with E-state index in [1.54, 1.807) is 18.2 Å². The molecule has 0 spiro atoms. The minimum absolute atomic E-state index is 0.00448. The Morgan fingerprint density at radius 3 is 2.21 bits per heavy atom. The van der Waals surface area contributed by atoms with Crippen LogP contribution in [0.25, 0.3) is 16.7 Å². The number of para-hydroxylation sites is 1. The van der Waals surface area contributed by atoms with Crippen LogP contribution in [0.15, 0.2) is 42.5 Å². The van der Waals surface area contributed by atoms with Gasteiger partial charge in [-0.1, -0.05) is 64.1 Å². The molecule has 0 radical (unpaired) electrons. The maximum absolute atomic E-state index is 12.3. The molecule has 7 nitrogen and oxygen atoms in total. The average molecular weight is 545 g/mol. The van der Waals surface area contributed by atoms with Crippen LogP contribution >= 0.6 is 58.0 Å². The highest BCUT2D eigenvalue weighted by Gasteiger charge is 2.25. The summed E-state index contributed by atoms with van der Waals surface area (Å²) in [5, 5.41) is 12.9. The molecular formula is C21H11Cl5N4O3. The van der Waals surface area contributed by atoms with Crippen molar-refractivity contribution in [1.29, 1.82) is 0 Å². The minimum Gasteiger partial charge on any atom is -0.478 e. The quantitative estimate of drug-likeness (QED) is 0.239. The van der Waals surface area contributed by atoms with Crippen molar-refractivity contribution in [2.24, 2.45) is 5.73 Å². The van der Waals surface area contributed by atoms with Crippen LogP contribution in [0.4, 0.5) is 11.6 Å². The van der Waals surface area contributed by atoms with E-state index >= 15 is 0 Å². The highest BCUT2D eigenvalue weighted by atomic mass is 35.5. The van der Waals surface area contributed by atoms with Crippen molar-refractivity contribution in [1.82, 2.24) is 9.55 Å². The zero-order chi connectivity index (χ0) is 24.0. The zero-order valence-electron chi connectivity index (χ0n) is 16.2. The number of carboxylic acid groups (broad SMARTS) is 1. The Bertz CT molecular complexity index is 1450. The van der Waals surface area contributed by atoms with Crippen LogP contribution in [-0.4, -0.2) is 26.5 Å². The topological polar surface area (TPSA) is 110 Å². The molecule has 0 aliphatic carbocycles. The Morgan fingerprint density at radius 1 is 0.939 bits per heavy atom. The summed E-state index contributed by atoms with van der Waals surface area (Å²) in [6.45, 7) is 0. The molecule has 0 unspecified atom stereocenters. The van der Waals surface area contributed by atoms with Crippen LogP contribution in [0.3, 0.4) is 0 Å². The molecule has 33 heavy (non-hydrogen) atoms. The van der Waals surface area contributed by atoms with Crippen LogP contribution in [0, 0.1) is 0 Å². The number of halogens is 5. The lowest BCUT2D eigenvalue weighted by Crippen LogP contribution is -2.16. The molecule has 4 aromatic rings. The zero-order valence-corrected chi connectivity index (χ0v) is 19.9. The third kappa shape index (κ3) is 4.18. The molecule has 12 heteroatoms. The summed E-state index contributed by atoms with van der Waals surface area (Å²) in [4.78, 5) is 28.2. The first-order chi connectivity index (χ1) is 15.6. The van der Waals surface area contributed by atoms with Crippen LogP contribution in [0.5, 0.6) is 0 Å². The second-order valence-corrected chi connectivity index (χ2v) is 8.73. The van der Waals surface area contributed by atoms with Crippen molar-refractivity contribution < 1.29 is 14.7 Å². The lowest BCUT2D eigenvalue weighted by molar-refractivity contribution is 0.0696. The second kappa shape index (κ2) is 8.93. The SMILES string of the molecule is NC(=O)c1cc(Cl)c(Cl)c(Cl)c1-n1c(Nc2c(Cl)cccc2Cl)nc2cc(C(=O)O)ccc21. The molecule has 0 bridgehead atoms. The summed E-state index contributed by atoms with van der Waals surface area (Å²) in [7, 11) is 0. The number of benzene rings is 3. The van der Waals surface area contributed by atoms with E-state index in [2.05, 4.69) is 10.3 Å². The Kier molecular flexibility index (Phi) is 6.35. The fraction of sp³-hybridized carbons (Fsp3) is 0. The van der Waals surface area contributed by atoms with Crippen molar-refractivity contribution in [3.05, 3.63) is 78.7 Å². The molecule has 1 aromatic heterocycles. The number of anilines is 2. The molecule has 3 aromatic carbocycles. The van der Waals surface area contributed by atoms with Crippen LogP contribution in [-0.2, 0) is 0 Å². The summed E-state index contributed by atoms with van der Waals surface area (Å²) in [6.07, 6.45) is 0. The van der Waals surface area contributed by atoms with Crippen molar-refractivity contribution in [3.8, 4) is 5.69 Å². The van der Waals surface area contributed by atoms with Crippen molar-refractivity contribution in [2.45, 2.75) is 0 Å². The predicted octanol–water partition coefficient (Wildman–Crippen LogP) is 6.83. The molecule has 4 N–H and O–H groups in total. The number of carbonyl (C=O) groups is 2. The number of amides is 1. The van der Waals surface area contributed by atoms with E-state index in [1.165, 1.54) is 28.8 Å². The number of nitrogens with zero attached hydrogens (tertiary/aromatic N) is 2. The molecule has 0 aliphatic heterocycles. The highest BCUT2D eigenvalue weighted by molar-refractivity contribution is 6.49. The molecule has 0 saturated heterocycles. The van der Waals surface area contributed by atoms with E-state index in [0.29, 0.717) is 21.2 Å². The van der Waals surface area contributed by atoms with Crippen molar-refractivity contribution >= 4 is 92.6 Å². The van der Waals surface area contributed by atoms with E-state index in [0.717, 1.165) is 0 Å². The lowest BCUT2D eigenvalue weighted by atomic mass is 10.1. The Balaban J connectivity index is 2.10. The standard InChI is InChI=1S/C21H11Cl5N4O3/c22-10-2-1-3-11(23)17(10)29-21-28-13-6-8(20(32)33)4-5-14(13)30(21)18-9(19(27)31)7-12(24)15(25)16(18)26/h1-7H,(H2,27,31)(H,28,29)(H,32,33). The van der Waals surface area contributed by atoms with Gasteiger partial charge in [-0.2, -0.15) is 0 Å². The maximum atomic E-state index is 12.3. The van der Waals surface area contributed by atoms with E-state index in [-0.39, 0.29) is 43.3 Å². The number of aromatic nitrogens is 2. The van der Waals surface area contributed by atoms with Crippen LogP contribution in [0.1, 0.15) is 20.7 Å². The largest absolute Gasteiger partial charge is 0.478 e. The number of imidazole rings is 1. The van der Waals surface area contributed by atoms with Gasteiger partial charge in [0.2, 0.25) is 5.95 Å². The van der Waals surface area contributed by atoms with Gasteiger partial charge < -0.3 is 16.2 Å². The maximum Gasteiger partial charge on any atom is 0.335 e. The average Bonchev–Trinajstić information content (AvgIpc) is 3.11. The minimum atomic E-state index is -1.14. The first-order valence-corrected chi connectivity index (χ1v) is 10.9. The number of primary amides is 1. The summed E-state index contributed by atoms with van der Waals surface area (Å²) in [5.74, 6) is -1.85. The summed E-state index contributed by atoms with van der Waals surface area (Å²) in [5.41, 5.74) is 6.65. The smallest absolute Gasteiger partial charge is 0.335 e.